The van der Waals surface area contributed by atoms with Crippen LogP contribution in [0.15, 0.2) is 85.2 Å². The lowest BCUT2D eigenvalue weighted by Crippen LogP contribution is -2.49. The van der Waals surface area contributed by atoms with Crippen LogP contribution in [-0.4, -0.2) is 46.5 Å². The van der Waals surface area contributed by atoms with Gasteiger partial charge in [0.15, 0.2) is 0 Å². The molecule has 0 saturated heterocycles. The summed E-state index contributed by atoms with van der Waals surface area (Å²) in [5, 5.41) is 3.32. The van der Waals surface area contributed by atoms with E-state index in [4.69, 9.17) is 1.37 Å². The molecule has 0 aliphatic rings. The predicted molar refractivity (Wildman–Crippen MR) is 120 cm³/mol. The van der Waals surface area contributed by atoms with Gasteiger partial charge in [0.25, 0.3) is 0 Å². The number of carbonyl (C=O) groups is 1. The second-order valence-corrected chi connectivity index (χ2v) is 7.35. The monoisotopic (exact) mass is 403 g/mol. The molecule has 156 valence electrons. The molecule has 5 nitrogen and oxygen atoms in total. The number of rotatable bonds is 9. The zero-order valence-electron chi connectivity index (χ0n) is 18.5. The molecule has 0 bridgehead atoms. The first-order valence-corrected chi connectivity index (χ1v) is 10.2. The zero-order valence-corrected chi connectivity index (χ0v) is 17.5. The maximum absolute atomic E-state index is 13.6. The Labute approximate surface area is 181 Å². The van der Waals surface area contributed by atoms with E-state index in [-0.39, 0.29) is 13.1 Å². The Bertz CT molecular complexity index is 909. The molecule has 0 atom stereocenters. The number of carbonyl (C=O) groups excluding carboxylic acids is 1. The van der Waals surface area contributed by atoms with Crippen LogP contribution in [0.1, 0.15) is 24.5 Å². The van der Waals surface area contributed by atoms with Gasteiger partial charge < -0.3 is 4.90 Å². The summed E-state index contributed by atoms with van der Waals surface area (Å²) >= 11 is 0. The van der Waals surface area contributed by atoms with Crippen molar-refractivity contribution >= 4 is 6.03 Å². The maximum Gasteiger partial charge on any atom is 0.335 e. The van der Waals surface area contributed by atoms with Gasteiger partial charge >= 0.3 is 6.03 Å². The molecule has 0 fully saturated rings. The number of nitrogens with zero attached hydrogens (tertiary/aromatic N) is 4. The number of hydrogen-bond donors (Lipinski definition) is 0. The van der Waals surface area contributed by atoms with Crippen LogP contribution < -0.4 is 0 Å². The quantitative estimate of drug-likeness (QED) is 0.490. The Balaban J connectivity index is 1.75. The van der Waals surface area contributed by atoms with Gasteiger partial charge in [0.2, 0.25) is 0 Å². The van der Waals surface area contributed by atoms with E-state index in [0.29, 0.717) is 19.6 Å². The van der Waals surface area contributed by atoms with Gasteiger partial charge in [-0.25, -0.2) is 9.80 Å². The number of hydrazine groups is 1. The Morgan fingerprint density at radius 1 is 0.867 bits per heavy atom. The number of amides is 2. The van der Waals surface area contributed by atoms with Crippen molar-refractivity contribution in [2.24, 2.45) is 0 Å². The number of urea groups is 1. The van der Waals surface area contributed by atoms with Gasteiger partial charge in [-0.1, -0.05) is 60.7 Å². The number of aromatic nitrogens is 1. The SMILES string of the molecule is [2H]CN(C)N(Cc1ccccc1)C(=O)N(CCCc1ccccc1)Cc1ccncc1. The number of aryl methyl sites for hydroxylation is 1. The second kappa shape index (κ2) is 11.1. The lowest BCUT2D eigenvalue weighted by Gasteiger charge is -2.34. The molecule has 0 saturated carbocycles. The molecule has 3 rings (SSSR count). The van der Waals surface area contributed by atoms with Gasteiger partial charge in [-0.2, -0.15) is 0 Å². The van der Waals surface area contributed by atoms with E-state index in [2.05, 4.69) is 17.1 Å². The van der Waals surface area contributed by atoms with E-state index in [0.717, 1.165) is 24.0 Å². The van der Waals surface area contributed by atoms with Gasteiger partial charge in [0.05, 0.1) is 6.54 Å². The van der Waals surface area contributed by atoms with E-state index in [1.165, 1.54) is 5.56 Å². The van der Waals surface area contributed by atoms with Crippen molar-refractivity contribution in [1.29, 1.82) is 0 Å². The number of pyridine rings is 1. The van der Waals surface area contributed by atoms with E-state index >= 15 is 0 Å². The van der Waals surface area contributed by atoms with Crippen molar-refractivity contribution in [3.05, 3.63) is 102 Å². The Morgan fingerprint density at radius 2 is 1.47 bits per heavy atom. The second-order valence-electron chi connectivity index (χ2n) is 7.35. The minimum atomic E-state index is -0.0940. The summed E-state index contributed by atoms with van der Waals surface area (Å²) < 4.78 is 7.82. The number of hydrogen-bond acceptors (Lipinski definition) is 3. The molecule has 1 aromatic heterocycles. The van der Waals surface area contributed by atoms with Crippen LogP contribution in [0.4, 0.5) is 4.79 Å². The van der Waals surface area contributed by atoms with Crippen LogP contribution in [0.25, 0.3) is 0 Å². The summed E-state index contributed by atoms with van der Waals surface area (Å²) in [6, 6.07) is 24.0. The summed E-state index contributed by atoms with van der Waals surface area (Å²) in [5.74, 6) is 0. The molecule has 2 aromatic carbocycles. The molecule has 0 unspecified atom stereocenters. The van der Waals surface area contributed by atoms with Crippen molar-refractivity contribution in [1.82, 2.24) is 19.9 Å². The molecule has 2 amide bonds. The molecular formula is C25H30N4O. The molecule has 0 aliphatic carbocycles. The largest absolute Gasteiger partial charge is 0.335 e. The Morgan fingerprint density at radius 3 is 2.10 bits per heavy atom. The fourth-order valence-corrected chi connectivity index (χ4v) is 3.32. The maximum atomic E-state index is 13.6. The highest BCUT2D eigenvalue weighted by atomic mass is 16.2. The van der Waals surface area contributed by atoms with Gasteiger partial charge in [0.1, 0.15) is 0 Å². The van der Waals surface area contributed by atoms with E-state index < -0.39 is 0 Å². The molecule has 0 radical (unpaired) electrons. The molecule has 0 spiro atoms. The van der Waals surface area contributed by atoms with Gasteiger partial charge in [0, 0.05) is 40.9 Å². The fraction of sp³-hybridized carbons (Fsp3) is 0.280. The van der Waals surface area contributed by atoms with E-state index in [9.17, 15) is 4.79 Å². The van der Waals surface area contributed by atoms with Crippen LogP contribution in [0.3, 0.4) is 0 Å². The minimum absolute atomic E-state index is 0.00564. The van der Waals surface area contributed by atoms with Crippen LogP contribution >= 0.6 is 0 Å². The van der Waals surface area contributed by atoms with Crippen molar-refractivity contribution < 1.29 is 6.17 Å². The summed E-state index contributed by atoms with van der Waals surface area (Å²) in [7, 11) is 1.79. The highest BCUT2D eigenvalue weighted by Crippen LogP contribution is 2.14. The van der Waals surface area contributed by atoms with Crippen LogP contribution in [-0.2, 0) is 19.5 Å². The normalized spacial score (nSPS) is 11.2. The molecular weight excluding hydrogens is 372 g/mol. The van der Waals surface area contributed by atoms with Gasteiger partial charge in [-0.05, 0) is 41.7 Å². The average Bonchev–Trinajstić information content (AvgIpc) is 2.83. The zero-order chi connectivity index (χ0) is 21.9. The van der Waals surface area contributed by atoms with Crippen molar-refractivity contribution in [2.75, 3.05) is 20.6 Å². The lowest BCUT2D eigenvalue weighted by molar-refractivity contribution is 0.0318. The van der Waals surface area contributed by atoms with Crippen LogP contribution in [0, 0.1) is 0 Å². The van der Waals surface area contributed by atoms with Crippen molar-refractivity contribution in [3.63, 3.8) is 0 Å². The van der Waals surface area contributed by atoms with Gasteiger partial charge in [-0.3, -0.25) is 9.99 Å². The Kier molecular flexibility index (Phi) is 7.45. The summed E-state index contributed by atoms with van der Waals surface area (Å²) in [6.07, 6.45) is 5.28. The Hall–Kier alpha value is -3.18. The average molecular weight is 404 g/mol. The molecule has 30 heavy (non-hydrogen) atoms. The highest BCUT2D eigenvalue weighted by molar-refractivity contribution is 5.74. The third-order valence-electron chi connectivity index (χ3n) is 4.94. The fourth-order valence-electron chi connectivity index (χ4n) is 3.32. The number of benzene rings is 2. The first-order chi connectivity index (χ1) is 15.2. The molecule has 1 heterocycles. The first-order valence-electron chi connectivity index (χ1n) is 10.9. The summed E-state index contributed by atoms with van der Waals surface area (Å²) in [4.78, 5) is 19.6. The third kappa shape index (κ3) is 6.42. The van der Waals surface area contributed by atoms with Crippen LogP contribution in [0.5, 0.6) is 0 Å². The minimum Gasteiger partial charge on any atom is -0.319 e. The van der Waals surface area contributed by atoms with E-state index in [1.54, 1.807) is 29.5 Å². The summed E-state index contributed by atoms with van der Waals surface area (Å²) in [6.45, 7) is 1.57. The smallest absolute Gasteiger partial charge is 0.319 e. The lowest BCUT2D eigenvalue weighted by atomic mass is 10.1. The van der Waals surface area contributed by atoms with E-state index in [1.807, 2.05) is 65.6 Å². The predicted octanol–water partition coefficient (Wildman–Crippen LogP) is 4.62. The summed E-state index contributed by atoms with van der Waals surface area (Å²) in [5.41, 5.74) is 3.34. The van der Waals surface area contributed by atoms with Crippen molar-refractivity contribution in [3.8, 4) is 0 Å². The first kappa shape index (κ1) is 20.1. The molecule has 0 aliphatic heterocycles. The van der Waals surface area contributed by atoms with Crippen LogP contribution in [0.2, 0.25) is 0 Å². The molecule has 3 aromatic rings. The third-order valence-corrected chi connectivity index (χ3v) is 4.94. The van der Waals surface area contributed by atoms with Gasteiger partial charge in [-0.15, -0.1) is 0 Å². The topological polar surface area (TPSA) is 39.7 Å². The standard InChI is InChI=1S/C25H30N4O/c1-27(2)29(21-23-12-7-4-8-13-23)25(30)28(20-24-15-17-26-18-16-24)19-9-14-22-10-5-3-6-11-22/h3-8,10-13,15-18H,9,14,19-21H2,1-2H3/i1D. The molecule has 0 N–H and O–H groups in total. The van der Waals surface area contributed by atoms with Crippen molar-refractivity contribution in [2.45, 2.75) is 25.9 Å². The highest BCUT2D eigenvalue weighted by Gasteiger charge is 2.23. The molecule has 5 heteroatoms.